The van der Waals surface area contributed by atoms with Crippen molar-refractivity contribution >= 4 is 27.6 Å². The second-order valence-corrected chi connectivity index (χ2v) is 10.9. The average molecular weight is 522 g/mol. The summed E-state index contributed by atoms with van der Waals surface area (Å²) in [6.07, 6.45) is 4.07. The molecule has 0 spiro atoms. The summed E-state index contributed by atoms with van der Waals surface area (Å²) >= 11 is 0. The quantitative estimate of drug-likeness (QED) is 0.361. The first-order valence-electron chi connectivity index (χ1n) is 14.1. The predicted molar refractivity (Wildman–Crippen MR) is 155 cm³/mol. The summed E-state index contributed by atoms with van der Waals surface area (Å²) in [5.41, 5.74) is 8.98. The predicted octanol–water partition coefficient (Wildman–Crippen LogP) is 4.72. The summed E-state index contributed by atoms with van der Waals surface area (Å²) in [5, 5.41) is 13.3. The Morgan fingerprint density at radius 1 is 0.974 bits per heavy atom. The van der Waals surface area contributed by atoms with E-state index >= 15 is 0 Å². The van der Waals surface area contributed by atoms with E-state index in [4.69, 9.17) is 9.72 Å². The van der Waals surface area contributed by atoms with E-state index in [1.54, 1.807) is 0 Å². The summed E-state index contributed by atoms with van der Waals surface area (Å²) in [7, 11) is 1.95. The molecule has 0 saturated carbocycles. The molecule has 2 saturated heterocycles. The molecule has 0 radical (unpaired) electrons. The Bertz CT molecular complexity index is 1590. The zero-order valence-electron chi connectivity index (χ0n) is 22.7. The van der Waals surface area contributed by atoms with E-state index < -0.39 is 0 Å². The van der Waals surface area contributed by atoms with Crippen molar-refractivity contribution in [1.82, 2.24) is 29.9 Å². The fraction of sp³-hybridized carbons (Fsp3) is 0.387. The third kappa shape index (κ3) is 4.28. The number of nitrogens with zero attached hydrogens (tertiary/aromatic N) is 6. The third-order valence-corrected chi connectivity index (χ3v) is 8.50. The van der Waals surface area contributed by atoms with Crippen LogP contribution in [0.15, 0.2) is 60.8 Å². The van der Waals surface area contributed by atoms with Gasteiger partial charge < -0.3 is 19.5 Å². The van der Waals surface area contributed by atoms with Crippen LogP contribution in [-0.2, 0) is 11.8 Å². The molecule has 0 aliphatic carbocycles. The molecule has 1 atom stereocenters. The molecule has 0 bridgehead atoms. The molecule has 5 heterocycles. The summed E-state index contributed by atoms with van der Waals surface area (Å²) < 4.78 is 10.2. The highest BCUT2D eigenvalue weighted by Gasteiger charge is 2.30. The molecule has 7 rings (SSSR count). The van der Waals surface area contributed by atoms with Gasteiger partial charge in [0.15, 0.2) is 0 Å². The molecule has 1 unspecified atom stereocenters. The Morgan fingerprint density at radius 2 is 1.77 bits per heavy atom. The van der Waals surface area contributed by atoms with Crippen molar-refractivity contribution in [2.75, 3.05) is 44.3 Å². The molecule has 5 aromatic rings. The fourth-order valence-electron chi connectivity index (χ4n) is 6.62. The first-order chi connectivity index (χ1) is 19.2. The van der Waals surface area contributed by atoms with Gasteiger partial charge >= 0.3 is 0 Å². The van der Waals surface area contributed by atoms with Crippen LogP contribution in [0.2, 0.25) is 0 Å². The van der Waals surface area contributed by atoms with E-state index in [0.29, 0.717) is 5.92 Å². The lowest BCUT2D eigenvalue weighted by Crippen LogP contribution is -2.43. The van der Waals surface area contributed by atoms with Gasteiger partial charge in [0.1, 0.15) is 0 Å². The molecular formula is C31H35N7O. The summed E-state index contributed by atoms with van der Waals surface area (Å²) in [4.78, 5) is 7.61. The first kappa shape index (κ1) is 24.3. The van der Waals surface area contributed by atoms with Gasteiger partial charge in [0.25, 0.3) is 0 Å². The number of hydrogen-bond acceptors (Lipinski definition) is 6. The van der Waals surface area contributed by atoms with Gasteiger partial charge in [-0.2, -0.15) is 0 Å². The molecular weight excluding hydrogens is 486 g/mol. The number of anilines is 1. The summed E-state index contributed by atoms with van der Waals surface area (Å²) in [6.45, 7) is 7.69. The SMILES string of the molecule is Cc1nnn(C)c1-c1cnc2c3cc(N4CCNCC4)ccc3n(C(c3ccccc3)C3CCOCC3)c2c1. The van der Waals surface area contributed by atoms with Gasteiger partial charge in [-0.25, -0.2) is 4.68 Å². The van der Waals surface area contributed by atoms with Crippen LogP contribution in [0.3, 0.4) is 0 Å². The number of fused-ring (bicyclic) bond motifs is 3. The van der Waals surface area contributed by atoms with Gasteiger partial charge in [-0.1, -0.05) is 35.5 Å². The normalized spacial score (nSPS) is 17.7. The Kier molecular flexibility index (Phi) is 6.29. The highest BCUT2D eigenvalue weighted by molar-refractivity contribution is 6.08. The lowest BCUT2D eigenvalue weighted by Gasteiger charge is -2.33. The molecule has 8 nitrogen and oxygen atoms in total. The molecule has 0 amide bonds. The number of ether oxygens (including phenoxy) is 1. The maximum absolute atomic E-state index is 5.81. The number of rotatable bonds is 5. The molecule has 2 aliphatic rings. The highest BCUT2D eigenvalue weighted by atomic mass is 16.5. The minimum atomic E-state index is 0.183. The first-order valence-corrected chi connectivity index (χ1v) is 14.1. The molecule has 2 aliphatic heterocycles. The monoisotopic (exact) mass is 521 g/mol. The van der Waals surface area contributed by atoms with E-state index in [2.05, 4.69) is 79.7 Å². The lowest BCUT2D eigenvalue weighted by molar-refractivity contribution is 0.0553. The number of aryl methyl sites for hydroxylation is 2. The van der Waals surface area contributed by atoms with E-state index in [9.17, 15) is 0 Å². The van der Waals surface area contributed by atoms with Crippen LogP contribution in [0, 0.1) is 12.8 Å². The smallest absolute Gasteiger partial charge is 0.0961 e. The second-order valence-electron chi connectivity index (χ2n) is 10.9. The van der Waals surface area contributed by atoms with Gasteiger partial charge in [-0.15, -0.1) is 5.10 Å². The average Bonchev–Trinajstić information content (AvgIpc) is 3.50. The minimum absolute atomic E-state index is 0.183. The van der Waals surface area contributed by atoms with Crippen molar-refractivity contribution in [1.29, 1.82) is 0 Å². The van der Waals surface area contributed by atoms with Crippen LogP contribution in [-0.4, -0.2) is 63.9 Å². The van der Waals surface area contributed by atoms with E-state index in [1.807, 2.05) is 24.9 Å². The Morgan fingerprint density at radius 3 is 2.51 bits per heavy atom. The van der Waals surface area contributed by atoms with Gasteiger partial charge in [-0.3, -0.25) is 4.98 Å². The largest absolute Gasteiger partial charge is 0.381 e. The lowest BCUT2D eigenvalue weighted by atomic mass is 9.86. The number of nitrogens with one attached hydrogen (secondary N) is 1. The fourth-order valence-corrected chi connectivity index (χ4v) is 6.62. The molecule has 200 valence electrons. The third-order valence-electron chi connectivity index (χ3n) is 8.50. The zero-order chi connectivity index (χ0) is 26.3. The van der Waals surface area contributed by atoms with E-state index in [-0.39, 0.29) is 6.04 Å². The van der Waals surface area contributed by atoms with Crippen molar-refractivity contribution in [2.24, 2.45) is 13.0 Å². The summed E-state index contributed by atoms with van der Waals surface area (Å²) in [5.74, 6) is 0.469. The number of aromatic nitrogens is 5. The number of piperazine rings is 1. The van der Waals surface area contributed by atoms with Crippen LogP contribution in [0.4, 0.5) is 5.69 Å². The summed E-state index contributed by atoms with van der Waals surface area (Å²) in [6, 6.07) is 20.4. The number of pyridine rings is 1. The standard InChI is InChI=1S/C31H35N7O/c1-21-30(36(2)35-34-21)24-18-28-29(33-20-24)26-19-25(37-14-12-32-13-15-37)8-9-27(26)38(28)31(22-6-4-3-5-7-22)23-10-16-39-17-11-23/h3-9,18-20,23,31-32H,10-17H2,1-2H3. The van der Waals surface area contributed by atoms with Crippen molar-refractivity contribution in [3.63, 3.8) is 0 Å². The van der Waals surface area contributed by atoms with Crippen LogP contribution < -0.4 is 10.2 Å². The van der Waals surface area contributed by atoms with Gasteiger partial charge in [0, 0.05) is 69.3 Å². The maximum Gasteiger partial charge on any atom is 0.0961 e. The molecule has 2 fully saturated rings. The van der Waals surface area contributed by atoms with Gasteiger partial charge in [-0.05, 0) is 55.5 Å². The van der Waals surface area contributed by atoms with E-state index in [0.717, 1.165) is 80.2 Å². The van der Waals surface area contributed by atoms with Crippen LogP contribution in [0.5, 0.6) is 0 Å². The number of benzene rings is 2. The van der Waals surface area contributed by atoms with Gasteiger partial charge in [0.2, 0.25) is 0 Å². The van der Waals surface area contributed by atoms with Gasteiger partial charge in [0.05, 0.1) is 34.0 Å². The molecule has 1 N–H and O–H groups in total. The van der Waals surface area contributed by atoms with Crippen LogP contribution in [0.25, 0.3) is 33.2 Å². The highest BCUT2D eigenvalue weighted by Crippen LogP contribution is 2.42. The molecule has 8 heteroatoms. The molecule has 2 aromatic carbocycles. The Balaban J connectivity index is 1.49. The maximum atomic E-state index is 5.81. The minimum Gasteiger partial charge on any atom is -0.381 e. The number of hydrogen-bond donors (Lipinski definition) is 1. The van der Waals surface area contributed by atoms with Crippen molar-refractivity contribution in [3.05, 3.63) is 72.1 Å². The molecule has 39 heavy (non-hydrogen) atoms. The molecule has 3 aromatic heterocycles. The Labute approximate surface area is 228 Å². The van der Waals surface area contributed by atoms with Crippen molar-refractivity contribution < 1.29 is 4.74 Å². The van der Waals surface area contributed by atoms with Crippen molar-refractivity contribution in [2.45, 2.75) is 25.8 Å². The zero-order valence-corrected chi connectivity index (χ0v) is 22.7. The van der Waals surface area contributed by atoms with E-state index in [1.165, 1.54) is 22.2 Å². The topological polar surface area (TPSA) is 73.0 Å². The Hall–Kier alpha value is -3.75. The van der Waals surface area contributed by atoms with Crippen molar-refractivity contribution in [3.8, 4) is 11.3 Å². The van der Waals surface area contributed by atoms with Crippen LogP contribution in [0.1, 0.15) is 30.1 Å². The second kappa shape index (κ2) is 10.1. The van der Waals surface area contributed by atoms with Crippen LogP contribution >= 0.6 is 0 Å².